The fourth-order valence-electron chi connectivity index (χ4n) is 0. The van der Waals surface area contributed by atoms with Crippen molar-refractivity contribution in [3.63, 3.8) is 0 Å². The topological polar surface area (TPSA) is 68.8 Å². The molecule has 0 radical (unpaired) electrons. The summed E-state index contributed by atoms with van der Waals surface area (Å²) in [4.78, 5) is 0. The summed E-state index contributed by atoms with van der Waals surface area (Å²) in [6.45, 7) is 0. The summed E-state index contributed by atoms with van der Waals surface area (Å²) in [5.74, 6) is 0. The third-order valence-electron chi connectivity index (χ3n) is 0. The van der Waals surface area contributed by atoms with Gasteiger partial charge in [-0.2, -0.15) is 0 Å². The summed E-state index contributed by atoms with van der Waals surface area (Å²) < 4.78 is 16.3. The van der Waals surface area contributed by atoms with Crippen LogP contribution in [0.15, 0.2) is 0 Å². The Hall–Kier alpha value is 0.290. The van der Waals surface area contributed by atoms with E-state index in [-0.39, 0.29) is 5.48 Å². The molecular formula is H3O3S2-. The second-order valence-electron chi connectivity index (χ2n) is 0.217. The first-order chi connectivity index (χ1) is 1.73. The molecule has 0 aliphatic rings. The van der Waals surface area contributed by atoms with Gasteiger partial charge < -0.3 is 14.2 Å². The highest BCUT2D eigenvalue weighted by Crippen LogP contribution is 1.33. The average molecular weight is 115 g/mol. The molecule has 0 saturated carbocycles. The van der Waals surface area contributed by atoms with Crippen LogP contribution in [0.5, 0.6) is 0 Å². The molecule has 0 aliphatic carbocycles. The van der Waals surface area contributed by atoms with Gasteiger partial charge in [-0.15, -0.1) is 0 Å². The van der Waals surface area contributed by atoms with E-state index in [0.29, 0.717) is 0 Å². The molecule has 0 saturated heterocycles. The molecule has 0 fully saturated rings. The second-order valence-corrected chi connectivity index (χ2v) is 1.51. The van der Waals surface area contributed by atoms with E-state index in [0.717, 1.165) is 0 Å². The van der Waals surface area contributed by atoms with Crippen LogP contribution in [0.3, 0.4) is 0 Å². The van der Waals surface area contributed by atoms with Gasteiger partial charge in [0.2, 0.25) is 0 Å². The van der Waals surface area contributed by atoms with Crippen molar-refractivity contribution in [3.8, 4) is 0 Å². The molecule has 0 spiro atoms. The minimum Gasteiger partial charge on any atom is -0.459 e. The minimum absolute atomic E-state index is 0. The van der Waals surface area contributed by atoms with Crippen LogP contribution in [0, 0.1) is 0 Å². The van der Waals surface area contributed by atoms with Crippen LogP contribution in [0.1, 0.15) is 0 Å². The van der Waals surface area contributed by atoms with Crippen molar-refractivity contribution >= 4 is 20.8 Å². The molecule has 0 unspecified atom stereocenters. The highest BCUT2D eigenvalue weighted by Gasteiger charge is 1.19. The van der Waals surface area contributed by atoms with Crippen molar-refractivity contribution in [2.45, 2.75) is 0 Å². The maximum Gasteiger partial charge on any atom is -0.0918 e. The Labute approximate surface area is 35.8 Å². The molecule has 0 atom stereocenters. The highest BCUT2D eigenvalue weighted by atomic mass is 32.8. The zero-order chi connectivity index (χ0) is 3.58. The largest absolute Gasteiger partial charge is 0.459 e. The molecule has 34 valence electrons. The lowest BCUT2D eigenvalue weighted by Crippen LogP contribution is -1.51. The molecule has 0 bridgehead atoms. The van der Waals surface area contributed by atoms with E-state index in [4.69, 9.17) is 8.76 Å². The first-order valence-corrected chi connectivity index (χ1v) is 2.55. The van der Waals surface area contributed by atoms with Crippen LogP contribution >= 0.6 is 0 Å². The summed E-state index contributed by atoms with van der Waals surface area (Å²) in [5, 5.41) is 0. The van der Waals surface area contributed by atoms with Gasteiger partial charge in [0.05, 0.1) is 0 Å². The first-order valence-electron chi connectivity index (χ1n) is 0.516. The number of rotatable bonds is 0. The van der Waals surface area contributed by atoms with Crippen molar-refractivity contribution in [2.24, 2.45) is 0 Å². The highest BCUT2D eigenvalue weighted by molar-refractivity contribution is 8.18. The van der Waals surface area contributed by atoms with Crippen LogP contribution in [-0.4, -0.2) is 10.0 Å². The van der Waals surface area contributed by atoms with Gasteiger partial charge in [-0.05, 0) is 0 Å². The Bertz CT molecular complexity index is 53.3. The van der Waals surface area contributed by atoms with Crippen LogP contribution in [0.2, 0.25) is 0 Å². The zero-order valence-corrected chi connectivity index (χ0v) is 3.80. The predicted octanol–water partition coefficient (Wildman–Crippen LogP) is -0.940. The van der Waals surface area contributed by atoms with E-state index in [1.54, 1.807) is 0 Å². The van der Waals surface area contributed by atoms with Crippen LogP contribution in [0.25, 0.3) is 0 Å². The third kappa shape index (κ3) is 268. The van der Waals surface area contributed by atoms with Crippen molar-refractivity contribution in [3.05, 3.63) is 0 Å². The monoisotopic (exact) mass is 115 g/mol. The molecule has 0 amide bonds. The summed E-state index contributed by atoms with van der Waals surface area (Å²) >= 11 is 3.65. The lowest BCUT2D eigenvalue weighted by Gasteiger charge is -1.66. The van der Waals surface area contributed by atoms with E-state index >= 15 is 0 Å². The Morgan fingerprint density at radius 1 is 1.80 bits per heavy atom. The van der Waals surface area contributed by atoms with Crippen LogP contribution in [0.4, 0.5) is 0 Å². The van der Waals surface area contributed by atoms with Gasteiger partial charge in [-0.25, -0.2) is 11.2 Å². The molecule has 0 heterocycles. The summed E-state index contributed by atoms with van der Waals surface area (Å²) in [5.41, 5.74) is 0. The Morgan fingerprint density at radius 3 is 1.80 bits per heavy atom. The fourth-order valence-corrected chi connectivity index (χ4v) is 0. The Morgan fingerprint density at radius 2 is 1.80 bits per heavy atom. The quantitative estimate of drug-likeness (QED) is 0.327. The maximum atomic E-state index is 8.93. The fraction of sp³-hybridized carbons (Fsp3) is 0. The first kappa shape index (κ1) is 8.99. The van der Waals surface area contributed by atoms with Gasteiger partial charge in [0, 0.05) is 0 Å². The lowest BCUT2D eigenvalue weighted by atomic mass is 15.9. The number of hydrogen-bond donors (Lipinski definition) is 1. The molecule has 0 aliphatic heterocycles. The second kappa shape index (κ2) is 4.29. The molecule has 5 heavy (non-hydrogen) atoms. The predicted molar refractivity (Wildman–Crippen MR) is 21.7 cm³/mol. The third-order valence-corrected chi connectivity index (χ3v) is 0. The van der Waals surface area contributed by atoms with E-state index in [1.165, 1.54) is 0 Å². The summed E-state index contributed by atoms with van der Waals surface area (Å²) in [6, 6.07) is 0. The molecule has 0 aromatic carbocycles. The minimum atomic E-state index is -2.03. The maximum absolute atomic E-state index is 8.93. The SMILES string of the molecule is O.O=[S-](O)=S. The van der Waals surface area contributed by atoms with Crippen molar-refractivity contribution in [2.75, 3.05) is 0 Å². The molecule has 3 N–H and O–H groups in total. The van der Waals surface area contributed by atoms with Crippen LogP contribution < -0.4 is 0 Å². The van der Waals surface area contributed by atoms with Crippen molar-refractivity contribution < 1.29 is 14.2 Å². The zero-order valence-electron chi connectivity index (χ0n) is 2.17. The van der Waals surface area contributed by atoms with Gasteiger partial charge in [-0.1, -0.05) is 9.64 Å². The Kier molecular flexibility index (Phi) is 7.72. The standard InChI is InChI=1S/HO2S2.H2O/c1-4(2)3;/h(H,1,2,3);1H2/q-1;. The normalized spacial score (nSPS) is 6.80. The molecular weight excluding hydrogens is 112 g/mol. The molecule has 3 nitrogen and oxygen atoms in total. The average Bonchev–Trinajstić information content (AvgIpc) is 0.811. The molecule has 0 aromatic heterocycles. The van der Waals surface area contributed by atoms with Crippen molar-refractivity contribution in [1.82, 2.24) is 0 Å². The van der Waals surface area contributed by atoms with Gasteiger partial charge in [0.15, 0.2) is 0 Å². The van der Waals surface area contributed by atoms with Gasteiger partial charge in [0.1, 0.15) is 0 Å². The summed E-state index contributed by atoms with van der Waals surface area (Å²) in [6.07, 6.45) is 0. The smallest absolute Gasteiger partial charge is 0.0918 e. The van der Waals surface area contributed by atoms with E-state index in [1.807, 2.05) is 0 Å². The number of hydrogen-bond acceptors (Lipinski definition) is 3. The Balaban J connectivity index is 0. The van der Waals surface area contributed by atoms with Gasteiger partial charge >= 0.3 is 0 Å². The van der Waals surface area contributed by atoms with E-state index < -0.39 is 9.64 Å². The molecule has 5 heteroatoms. The van der Waals surface area contributed by atoms with Crippen molar-refractivity contribution in [1.29, 1.82) is 0 Å². The van der Waals surface area contributed by atoms with Gasteiger partial charge in [-0.3, -0.25) is 0 Å². The van der Waals surface area contributed by atoms with Crippen LogP contribution in [-0.2, 0) is 25.0 Å². The summed E-state index contributed by atoms with van der Waals surface area (Å²) in [7, 11) is -2.03. The molecule has 0 rings (SSSR count). The van der Waals surface area contributed by atoms with E-state index in [9.17, 15) is 0 Å². The lowest BCUT2D eigenvalue weighted by molar-refractivity contribution is 0.536. The molecule has 0 aromatic rings. The van der Waals surface area contributed by atoms with E-state index in [2.05, 4.69) is 11.2 Å². The van der Waals surface area contributed by atoms with Gasteiger partial charge in [0.25, 0.3) is 0 Å².